The normalized spacial score (nSPS) is 12.9. The number of hydrogen-bond donors (Lipinski definition) is 1. The lowest BCUT2D eigenvalue weighted by Gasteiger charge is -2.11. The fraction of sp³-hybridized carbons (Fsp3) is 0.385. The van der Waals surface area contributed by atoms with Gasteiger partial charge in [0.25, 0.3) is 0 Å². The highest BCUT2D eigenvalue weighted by molar-refractivity contribution is 7.07. The first-order chi connectivity index (χ1) is 7.83. The van der Waals surface area contributed by atoms with Gasteiger partial charge in [0.15, 0.2) is 0 Å². The first-order valence-corrected chi connectivity index (χ1v) is 6.61. The molecule has 0 aliphatic carbocycles. The van der Waals surface area contributed by atoms with Gasteiger partial charge in [0.2, 0.25) is 0 Å². The molecule has 2 aromatic heterocycles. The Labute approximate surface area is 101 Å². The lowest BCUT2D eigenvalue weighted by atomic mass is 10.1. The largest absolute Gasteiger partial charge is 0.350 e. The van der Waals surface area contributed by atoms with Crippen molar-refractivity contribution in [3.8, 4) is 0 Å². The molecule has 0 aliphatic heterocycles. The van der Waals surface area contributed by atoms with Gasteiger partial charge in [0.1, 0.15) is 0 Å². The van der Waals surface area contributed by atoms with Gasteiger partial charge in [0, 0.05) is 25.0 Å². The van der Waals surface area contributed by atoms with E-state index in [1.165, 1.54) is 11.1 Å². The third kappa shape index (κ3) is 2.54. The highest BCUT2D eigenvalue weighted by atomic mass is 32.1. The second-order valence-corrected chi connectivity index (χ2v) is 4.78. The number of hydrogen-bond acceptors (Lipinski definition) is 2. The standard InChI is InChI=1S/C13H18N2S/c1-3-13(14-2)12-4-6-15(9-12)8-11-5-7-16-10-11/h4-7,9-10,13-14H,3,8H2,1-2H3. The zero-order chi connectivity index (χ0) is 11.4. The van der Waals surface area contributed by atoms with Gasteiger partial charge in [-0.3, -0.25) is 0 Å². The molecule has 0 bridgehead atoms. The van der Waals surface area contributed by atoms with Crippen LogP contribution in [0.25, 0.3) is 0 Å². The molecule has 3 heteroatoms. The molecule has 2 heterocycles. The summed E-state index contributed by atoms with van der Waals surface area (Å²) in [5, 5.41) is 7.66. The predicted molar refractivity (Wildman–Crippen MR) is 69.9 cm³/mol. The second kappa shape index (κ2) is 5.32. The molecule has 16 heavy (non-hydrogen) atoms. The third-order valence-electron chi connectivity index (χ3n) is 2.88. The number of nitrogens with one attached hydrogen (secondary N) is 1. The lowest BCUT2D eigenvalue weighted by Crippen LogP contribution is -2.14. The van der Waals surface area contributed by atoms with E-state index < -0.39 is 0 Å². The van der Waals surface area contributed by atoms with Gasteiger partial charge in [-0.2, -0.15) is 11.3 Å². The maximum absolute atomic E-state index is 3.33. The van der Waals surface area contributed by atoms with Crippen LogP contribution >= 0.6 is 11.3 Å². The molecule has 2 aromatic rings. The topological polar surface area (TPSA) is 17.0 Å². The van der Waals surface area contributed by atoms with Crippen molar-refractivity contribution in [1.82, 2.24) is 9.88 Å². The summed E-state index contributed by atoms with van der Waals surface area (Å²) in [6.07, 6.45) is 5.52. The second-order valence-electron chi connectivity index (χ2n) is 4.00. The minimum absolute atomic E-state index is 0.476. The van der Waals surface area contributed by atoms with Gasteiger partial charge in [-0.25, -0.2) is 0 Å². The molecule has 0 aromatic carbocycles. The average molecular weight is 234 g/mol. The molecule has 1 unspecified atom stereocenters. The molecule has 0 saturated heterocycles. The van der Waals surface area contributed by atoms with Gasteiger partial charge in [-0.15, -0.1) is 0 Å². The van der Waals surface area contributed by atoms with Crippen LogP contribution in [0.15, 0.2) is 35.3 Å². The maximum atomic E-state index is 3.33. The summed E-state index contributed by atoms with van der Waals surface area (Å²) in [6, 6.07) is 4.86. The maximum Gasteiger partial charge on any atom is 0.0478 e. The van der Waals surface area contributed by atoms with Crippen molar-refractivity contribution in [2.45, 2.75) is 25.9 Å². The molecule has 0 radical (unpaired) electrons. The van der Waals surface area contributed by atoms with Gasteiger partial charge in [-0.05, 0) is 47.5 Å². The van der Waals surface area contributed by atoms with Gasteiger partial charge >= 0.3 is 0 Å². The number of nitrogens with zero attached hydrogens (tertiary/aromatic N) is 1. The van der Waals surface area contributed by atoms with E-state index >= 15 is 0 Å². The minimum atomic E-state index is 0.476. The zero-order valence-electron chi connectivity index (χ0n) is 9.81. The molecule has 0 amide bonds. The number of rotatable bonds is 5. The van der Waals surface area contributed by atoms with E-state index in [2.05, 4.69) is 52.1 Å². The molecule has 0 aliphatic rings. The van der Waals surface area contributed by atoms with Crippen molar-refractivity contribution in [3.05, 3.63) is 46.4 Å². The first kappa shape index (κ1) is 11.4. The van der Waals surface area contributed by atoms with E-state index in [0.29, 0.717) is 6.04 Å². The molecule has 1 atom stereocenters. The number of thiophene rings is 1. The van der Waals surface area contributed by atoms with E-state index in [4.69, 9.17) is 0 Å². The summed E-state index contributed by atoms with van der Waals surface area (Å²) in [4.78, 5) is 0. The van der Waals surface area contributed by atoms with Crippen molar-refractivity contribution in [2.24, 2.45) is 0 Å². The van der Waals surface area contributed by atoms with Crippen LogP contribution in [0.3, 0.4) is 0 Å². The highest BCUT2D eigenvalue weighted by Gasteiger charge is 2.07. The van der Waals surface area contributed by atoms with Crippen molar-refractivity contribution in [2.75, 3.05) is 7.05 Å². The van der Waals surface area contributed by atoms with Crippen molar-refractivity contribution >= 4 is 11.3 Å². The Bertz CT molecular complexity index is 413. The fourth-order valence-corrected chi connectivity index (χ4v) is 2.62. The Balaban J connectivity index is 2.07. The van der Waals surface area contributed by atoms with Crippen LogP contribution in [0.2, 0.25) is 0 Å². The lowest BCUT2D eigenvalue weighted by molar-refractivity contribution is 0.575. The Morgan fingerprint density at radius 2 is 2.31 bits per heavy atom. The quantitative estimate of drug-likeness (QED) is 0.840. The van der Waals surface area contributed by atoms with Crippen molar-refractivity contribution < 1.29 is 0 Å². The molecule has 0 spiro atoms. The molecular formula is C13H18N2S. The fourth-order valence-electron chi connectivity index (χ4n) is 1.96. The summed E-state index contributed by atoms with van der Waals surface area (Å²) in [6.45, 7) is 3.18. The molecule has 2 nitrogen and oxygen atoms in total. The van der Waals surface area contributed by atoms with E-state index in [1.807, 2.05) is 7.05 Å². The summed E-state index contributed by atoms with van der Waals surface area (Å²) < 4.78 is 2.25. The summed E-state index contributed by atoms with van der Waals surface area (Å²) in [5.74, 6) is 0. The molecule has 1 N–H and O–H groups in total. The molecule has 86 valence electrons. The summed E-state index contributed by atoms with van der Waals surface area (Å²) in [5.41, 5.74) is 2.75. The van der Waals surface area contributed by atoms with Crippen LogP contribution < -0.4 is 5.32 Å². The smallest absolute Gasteiger partial charge is 0.0478 e. The minimum Gasteiger partial charge on any atom is -0.350 e. The predicted octanol–water partition coefficient (Wildman–Crippen LogP) is 3.27. The molecule has 0 saturated carbocycles. The van der Waals surface area contributed by atoms with Crippen LogP contribution in [0.4, 0.5) is 0 Å². The van der Waals surface area contributed by atoms with Gasteiger partial charge in [0.05, 0.1) is 0 Å². The van der Waals surface area contributed by atoms with Crippen LogP contribution in [-0.4, -0.2) is 11.6 Å². The molecular weight excluding hydrogens is 216 g/mol. The Morgan fingerprint density at radius 1 is 1.44 bits per heavy atom. The summed E-state index contributed by atoms with van der Waals surface area (Å²) >= 11 is 1.76. The van der Waals surface area contributed by atoms with E-state index in [1.54, 1.807) is 11.3 Å². The Kier molecular flexibility index (Phi) is 3.80. The third-order valence-corrected chi connectivity index (χ3v) is 3.61. The monoisotopic (exact) mass is 234 g/mol. The molecule has 2 rings (SSSR count). The first-order valence-electron chi connectivity index (χ1n) is 5.67. The van der Waals surface area contributed by atoms with Gasteiger partial charge in [-0.1, -0.05) is 6.92 Å². The summed E-state index contributed by atoms with van der Waals surface area (Å²) in [7, 11) is 2.02. The van der Waals surface area contributed by atoms with E-state index in [0.717, 1.165) is 13.0 Å². The van der Waals surface area contributed by atoms with Crippen molar-refractivity contribution in [3.63, 3.8) is 0 Å². The zero-order valence-corrected chi connectivity index (χ0v) is 10.6. The van der Waals surface area contributed by atoms with E-state index in [-0.39, 0.29) is 0 Å². The van der Waals surface area contributed by atoms with Crippen LogP contribution in [0, 0.1) is 0 Å². The van der Waals surface area contributed by atoms with Crippen molar-refractivity contribution in [1.29, 1.82) is 0 Å². The van der Waals surface area contributed by atoms with Crippen LogP contribution in [0.1, 0.15) is 30.5 Å². The van der Waals surface area contributed by atoms with Crippen LogP contribution in [-0.2, 0) is 6.54 Å². The van der Waals surface area contributed by atoms with E-state index in [9.17, 15) is 0 Å². The average Bonchev–Trinajstić information content (AvgIpc) is 2.93. The molecule has 0 fully saturated rings. The van der Waals surface area contributed by atoms with Crippen LogP contribution in [0.5, 0.6) is 0 Å². The highest BCUT2D eigenvalue weighted by Crippen LogP contribution is 2.17. The Hall–Kier alpha value is -1.06. The van der Waals surface area contributed by atoms with Gasteiger partial charge < -0.3 is 9.88 Å². The number of aromatic nitrogens is 1. The SMILES string of the molecule is CCC(NC)c1ccn(Cc2ccsc2)c1. The Morgan fingerprint density at radius 3 is 2.94 bits per heavy atom.